The Hall–Kier alpha value is -2.71. The molecule has 1 aliphatic rings. The van der Waals surface area contributed by atoms with E-state index in [1.54, 1.807) is 11.8 Å². The molecule has 142 valence electrons. The fourth-order valence-corrected chi connectivity index (χ4v) is 3.52. The molecule has 1 amide bonds. The molecule has 2 atom stereocenters. The van der Waals surface area contributed by atoms with E-state index in [4.69, 9.17) is 9.15 Å². The number of fused-ring (bicyclic) bond motifs is 1. The number of rotatable bonds is 6. The van der Waals surface area contributed by atoms with Crippen LogP contribution in [-0.2, 0) is 23.0 Å². The quantitative estimate of drug-likeness (QED) is 0.687. The third-order valence-corrected chi connectivity index (χ3v) is 4.92. The normalized spacial score (nSPS) is 19.6. The Morgan fingerprint density at radius 2 is 2.33 bits per heavy atom. The molecule has 0 spiro atoms. The van der Waals surface area contributed by atoms with Crippen LogP contribution < -0.4 is 10.6 Å². The van der Waals surface area contributed by atoms with Crippen molar-refractivity contribution in [3.63, 3.8) is 0 Å². The number of benzene rings is 1. The van der Waals surface area contributed by atoms with Crippen LogP contribution >= 0.6 is 0 Å². The summed E-state index contributed by atoms with van der Waals surface area (Å²) in [7, 11) is 3.53. The summed E-state index contributed by atoms with van der Waals surface area (Å²) in [4.78, 5) is 17.3. The van der Waals surface area contributed by atoms with Crippen LogP contribution in [0.4, 0.5) is 5.69 Å². The van der Waals surface area contributed by atoms with E-state index >= 15 is 0 Å². The fourth-order valence-electron chi connectivity index (χ4n) is 3.52. The van der Waals surface area contributed by atoms with Crippen molar-refractivity contribution in [3.8, 4) is 0 Å². The first-order valence-corrected chi connectivity index (χ1v) is 9.02. The molecule has 0 bridgehead atoms. The summed E-state index contributed by atoms with van der Waals surface area (Å²) in [6.07, 6.45) is 4.43. The molecule has 4 rings (SSSR count). The maximum Gasteiger partial charge on any atom is 0.229 e. The lowest BCUT2D eigenvalue weighted by Crippen LogP contribution is -2.28. The van der Waals surface area contributed by atoms with Gasteiger partial charge in [-0.3, -0.25) is 9.48 Å². The van der Waals surface area contributed by atoms with Crippen molar-refractivity contribution in [2.75, 3.05) is 32.1 Å². The second kappa shape index (κ2) is 7.50. The standard InChI is InChI=1S/C19H23N5O3/c1-24-11-12(8-21-24)14-9-20-10-15(14)19(25)22-13-3-4-17-16(7-13)23-18(27-17)5-6-26-2/h3-4,7-8,11,14-15,20H,5-6,9-10H2,1-2H3,(H,22,25)/t14-,15+/m1/s1. The Labute approximate surface area is 156 Å². The molecule has 2 aromatic heterocycles. The van der Waals surface area contributed by atoms with Gasteiger partial charge in [-0.05, 0) is 23.8 Å². The lowest BCUT2D eigenvalue weighted by molar-refractivity contribution is -0.119. The molecule has 1 fully saturated rings. The summed E-state index contributed by atoms with van der Waals surface area (Å²) in [5, 5.41) is 10.6. The van der Waals surface area contributed by atoms with E-state index in [9.17, 15) is 4.79 Å². The van der Waals surface area contributed by atoms with Gasteiger partial charge in [-0.15, -0.1) is 0 Å². The van der Waals surface area contributed by atoms with Gasteiger partial charge in [0.05, 0.1) is 18.7 Å². The minimum atomic E-state index is -0.139. The minimum Gasteiger partial charge on any atom is -0.441 e. The maximum atomic E-state index is 12.8. The molecule has 0 unspecified atom stereocenters. The van der Waals surface area contributed by atoms with Gasteiger partial charge in [0.25, 0.3) is 0 Å². The molecule has 8 nitrogen and oxygen atoms in total. The predicted molar refractivity (Wildman–Crippen MR) is 101 cm³/mol. The van der Waals surface area contributed by atoms with E-state index in [1.807, 2.05) is 37.6 Å². The molecule has 3 aromatic rings. The molecule has 2 N–H and O–H groups in total. The highest BCUT2D eigenvalue weighted by Gasteiger charge is 2.34. The Kier molecular flexibility index (Phi) is 4.91. The Morgan fingerprint density at radius 3 is 3.11 bits per heavy atom. The van der Waals surface area contributed by atoms with Crippen molar-refractivity contribution in [2.24, 2.45) is 13.0 Å². The van der Waals surface area contributed by atoms with Crippen LogP contribution in [0.25, 0.3) is 11.1 Å². The van der Waals surface area contributed by atoms with Gasteiger partial charge in [0.15, 0.2) is 11.5 Å². The number of methoxy groups -OCH3 is 1. The summed E-state index contributed by atoms with van der Waals surface area (Å²) in [6.45, 7) is 1.98. The number of oxazole rings is 1. The second-order valence-electron chi connectivity index (χ2n) is 6.84. The van der Waals surface area contributed by atoms with Crippen LogP contribution in [0.2, 0.25) is 0 Å². The fraction of sp³-hybridized carbons (Fsp3) is 0.421. The maximum absolute atomic E-state index is 12.8. The molecule has 0 radical (unpaired) electrons. The van der Waals surface area contributed by atoms with Gasteiger partial charge < -0.3 is 19.8 Å². The first-order valence-electron chi connectivity index (χ1n) is 9.02. The summed E-state index contributed by atoms with van der Waals surface area (Å²) >= 11 is 0. The molecule has 0 aliphatic carbocycles. The van der Waals surface area contributed by atoms with Gasteiger partial charge >= 0.3 is 0 Å². The van der Waals surface area contributed by atoms with Gasteiger partial charge in [0, 0.05) is 51.5 Å². The number of aryl methyl sites for hydroxylation is 1. The number of aromatic nitrogens is 3. The first-order chi connectivity index (χ1) is 13.1. The van der Waals surface area contributed by atoms with E-state index in [-0.39, 0.29) is 17.7 Å². The zero-order valence-electron chi connectivity index (χ0n) is 15.4. The third-order valence-electron chi connectivity index (χ3n) is 4.92. The molecule has 3 heterocycles. The van der Waals surface area contributed by atoms with Gasteiger partial charge in [-0.25, -0.2) is 4.98 Å². The van der Waals surface area contributed by atoms with Crippen LogP contribution in [0, 0.1) is 5.92 Å². The van der Waals surface area contributed by atoms with Gasteiger partial charge in [-0.1, -0.05) is 0 Å². The largest absolute Gasteiger partial charge is 0.441 e. The van der Waals surface area contributed by atoms with Gasteiger partial charge in [0.2, 0.25) is 5.91 Å². The molecule has 27 heavy (non-hydrogen) atoms. The van der Waals surface area contributed by atoms with Crippen LogP contribution in [0.5, 0.6) is 0 Å². The van der Waals surface area contributed by atoms with Crippen molar-refractivity contribution in [1.29, 1.82) is 0 Å². The highest BCUT2D eigenvalue weighted by atomic mass is 16.5. The molecule has 1 saturated heterocycles. The summed E-state index contributed by atoms with van der Waals surface area (Å²) in [5.74, 6) is 0.609. The molecular formula is C19H23N5O3. The van der Waals surface area contributed by atoms with Crippen LogP contribution in [0.3, 0.4) is 0 Å². The lowest BCUT2D eigenvalue weighted by atomic mass is 9.90. The second-order valence-corrected chi connectivity index (χ2v) is 6.84. The molecule has 0 saturated carbocycles. The highest BCUT2D eigenvalue weighted by Crippen LogP contribution is 2.29. The topological polar surface area (TPSA) is 94.2 Å². The van der Waals surface area contributed by atoms with Crippen LogP contribution in [-0.4, -0.2) is 47.5 Å². The molecular weight excluding hydrogens is 346 g/mol. The monoisotopic (exact) mass is 369 g/mol. The summed E-state index contributed by atoms with van der Waals surface area (Å²) < 4.78 is 12.5. The summed E-state index contributed by atoms with van der Waals surface area (Å²) in [6, 6.07) is 5.52. The average molecular weight is 369 g/mol. The van der Waals surface area contributed by atoms with Crippen LogP contribution in [0.15, 0.2) is 35.0 Å². The zero-order valence-corrected chi connectivity index (χ0v) is 15.4. The highest BCUT2D eigenvalue weighted by molar-refractivity contribution is 5.95. The third kappa shape index (κ3) is 3.72. The van der Waals surface area contributed by atoms with E-state index in [1.165, 1.54) is 0 Å². The average Bonchev–Trinajstić information content (AvgIpc) is 3.37. The molecule has 1 aliphatic heterocycles. The number of ether oxygens (including phenoxy) is 1. The number of hydrogen-bond donors (Lipinski definition) is 2. The summed E-state index contributed by atoms with van der Waals surface area (Å²) in [5.41, 5.74) is 3.23. The van der Waals surface area contributed by atoms with Crippen molar-refractivity contribution >= 4 is 22.7 Å². The van der Waals surface area contributed by atoms with Crippen LogP contribution in [0.1, 0.15) is 17.4 Å². The van der Waals surface area contributed by atoms with E-state index in [2.05, 4.69) is 20.7 Å². The minimum absolute atomic E-state index is 0.00342. The van der Waals surface area contributed by atoms with Crippen molar-refractivity contribution in [2.45, 2.75) is 12.3 Å². The Morgan fingerprint density at radius 1 is 1.44 bits per heavy atom. The Bertz CT molecular complexity index is 948. The number of hydrogen-bond acceptors (Lipinski definition) is 6. The number of amides is 1. The zero-order chi connectivity index (χ0) is 18.8. The number of carbonyl (C=O) groups excluding carboxylic acids is 1. The predicted octanol–water partition coefficient (Wildman–Crippen LogP) is 1.69. The lowest BCUT2D eigenvalue weighted by Gasteiger charge is -2.17. The van der Waals surface area contributed by atoms with E-state index in [0.29, 0.717) is 31.0 Å². The molecule has 1 aromatic carbocycles. The number of carbonyl (C=O) groups is 1. The number of nitrogens with one attached hydrogen (secondary N) is 2. The van der Waals surface area contributed by atoms with E-state index < -0.39 is 0 Å². The Balaban J connectivity index is 1.48. The van der Waals surface area contributed by atoms with Crippen molar-refractivity contribution in [3.05, 3.63) is 42.0 Å². The van der Waals surface area contributed by atoms with Gasteiger partial charge in [-0.2, -0.15) is 5.10 Å². The van der Waals surface area contributed by atoms with E-state index in [0.717, 1.165) is 23.3 Å². The van der Waals surface area contributed by atoms with Gasteiger partial charge in [0.1, 0.15) is 5.52 Å². The molecule has 8 heteroatoms. The SMILES string of the molecule is COCCc1nc2cc(NC(=O)[C@H]3CNC[C@@H]3c3cnn(C)c3)ccc2o1. The van der Waals surface area contributed by atoms with Crippen molar-refractivity contribution < 1.29 is 13.9 Å². The first kappa shape index (κ1) is 17.7. The smallest absolute Gasteiger partial charge is 0.229 e. The number of anilines is 1. The number of nitrogens with zero attached hydrogens (tertiary/aromatic N) is 3. The van der Waals surface area contributed by atoms with Crippen molar-refractivity contribution in [1.82, 2.24) is 20.1 Å².